The van der Waals surface area contributed by atoms with Crippen molar-refractivity contribution in [3.8, 4) is 0 Å². The van der Waals surface area contributed by atoms with E-state index in [4.69, 9.17) is 0 Å². The van der Waals surface area contributed by atoms with Gasteiger partial charge in [-0.2, -0.15) is 0 Å². The van der Waals surface area contributed by atoms with Crippen LogP contribution < -0.4 is 5.32 Å². The van der Waals surface area contributed by atoms with Crippen molar-refractivity contribution in [1.29, 1.82) is 0 Å². The van der Waals surface area contributed by atoms with Crippen molar-refractivity contribution in [3.05, 3.63) is 0 Å². The fourth-order valence-corrected chi connectivity index (χ4v) is 0.847. The van der Waals surface area contributed by atoms with Gasteiger partial charge in [0.2, 0.25) is 0 Å². The fraction of sp³-hybridized carbons (Fsp3) is 0.625. The molecule has 0 aliphatic rings. The van der Waals surface area contributed by atoms with Crippen LogP contribution >= 0.6 is 0 Å². The van der Waals surface area contributed by atoms with Crippen molar-refractivity contribution in [3.63, 3.8) is 0 Å². The second kappa shape index (κ2) is 5.21. The molecule has 14 heavy (non-hydrogen) atoms. The molecule has 0 atom stereocenters. The predicted molar refractivity (Wildman–Crippen MR) is 45.4 cm³/mol. The minimum Gasteiger partial charge on any atom is -0.404 e. The minimum absolute atomic E-state index is 0.0986. The lowest BCUT2D eigenvalue weighted by Crippen LogP contribution is -2.51. The van der Waals surface area contributed by atoms with Gasteiger partial charge in [-0.3, -0.25) is 19.7 Å². The number of carbonyl (C=O) groups excluding carboxylic acids is 3. The molecule has 0 spiro atoms. The molecule has 0 saturated heterocycles. The molecular weight excluding hydrogens is 190 g/mol. The highest BCUT2D eigenvalue weighted by molar-refractivity contribution is 5.69. The van der Waals surface area contributed by atoms with Crippen LogP contribution in [0.1, 0.15) is 27.2 Å². The molecule has 79 valence electrons. The third kappa shape index (κ3) is 3.88. The van der Waals surface area contributed by atoms with Crippen LogP contribution in [-0.2, 0) is 23.9 Å². The number of hydrogen-bond acceptors (Lipinski definition) is 5. The summed E-state index contributed by atoms with van der Waals surface area (Å²) >= 11 is 0. The molecule has 1 N–H and O–H groups in total. The van der Waals surface area contributed by atoms with Gasteiger partial charge in [0, 0.05) is 20.3 Å². The van der Waals surface area contributed by atoms with E-state index in [0.717, 1.165) is 13.8 Å². The van der Waals surface area contributed by atoms with Crippen LogP contribution in [0.2, 0.25) is 0 Å². The van der Waals surface area contributed by atoms with Crippen molar-refractivity contribution in [1.82, 2.24) is 5.32 Å². The molecule has 0 aromatic rings. The lowest BCUT2D eigenvalue weighted by molar-refractivity contribution is -0.233. The van der Waals surface area contributed by atoms with Gasteiger partial charge in [-0.15, -0.1) is 0 Å². The first-order valence-electron chi connectivity index (χ1n) is 3.99. The summed E-state index contributed by atoms with van der Waals surface area (Å²) in [4.78, 5) is 31.5. The molecule has 0 unspecified atom stereocenters. The van der Waals surface area contributed by atoms with E-state index in [9.17, 15) is 14.4 Å². The maximum absolute atomic E-state index is 10.7. The molecule has 0 aromatic heterocycles. The van der Waals surface area contributed by atoms with Gasteiger partial charge in [0.05, 0.1) is 0 Å². The zero-order valence-corrected chi connectivity index (χ0v) is 8.25. The molecule has 0 saturated carbocycles. The molecular formula is C8H12NO5. The maximum atomic E-state index is 10.7. The van der Waals surface area contributed by atoms with Crippen molar-refractivity contribution in [2.45, 2.75) is 33.1 Å². The van der Waals surface area contributed by atoms with Crippen molar-refractivity contribution >= 4 is 18.3 Å². The van der Waals surface area contributed by atoms with Gasteiger partial charge < -0.3 is 9.47 Å². The standard InChI is InChI=1S/C8H12NO5/c1-4-8(9-5-10,13-6(2)11)14-7(3)12/h4H2,1-3H3,(H,9,10). The van der Waals surface area contributed by atoms with Crippen LogP contribution in [0.25, 0.3) is 0 Å². The molecule has 0 aromatic carbocycles. The minimum atomic E-state index is -1.74. The summed E-state index contributed by atoms with van der Waals surface area (Å²) in [5.41, 5.74) is 0. The van der Waals surface area contributed by atoms with E-state index in [1.54, 1.807) is 6.92 Å². The van der Waals surface area contributed by atoms with E-state index in [0.29, 0.717) is 0 Å². The molecule has 0 rings (SSSR count). The van der Waals surface area contributed by atoms with Crippen molar-refractivity contribution in [2.75, 3.05) is 0 Å². The Labute approximate surface area is 81.6 Å². The predicted octanol–water partition coefficient (Wildman–Crippen LogP) is -0.167. The average molecular weight is 202 g/mol. The van der Waals surface area contributed by atoms with Crippen LogP contribution in [-0.4, -0.2) is 24.3 Å². The third-order valence-electron chi connectivity index (χ3n) is 1.32. The fourth-order valence-electron chi connectivity index (χ4n) is 0.847. The number of esters is 2. The van der Waals surface area contributed by atoms with Gasteiger partial charge in [-0.05, 0) is 0 Å². The molecule has 6 nitrogen and oxygen atoms in total. The average Bonchev–Trinajstić information content (AvgIpc) is 2.02. The van der Waals surface area contributed by atoms with E-state index in [-0.39, 0.29) is 6.42 Å². The van der Waals surface area contributed by atoms with Gasteiger partial charge >= 0.3 is 24.3 Å². The normalized spacial score (nSPS) is 10.2. The maximum Gasteiger partial charge on any atom is 0.342 e. The summed E-state index contributed by atoms with van der Waals surface area (Å²) in [5.74, 6) is -3.08. The third-order valence-corrected chi connectivity index (χ3v) is 1.32. The number of hydrogen-bond donors (Lipinski definition) is 1. The summed E-state index contributed by atoms with van der Waals surface area (Å²) in [6.45, 7) is 3.86. The molecule has 1 amide bonds. The van der Waals surface area contributed by atoms with E-state index in [1.807, 2.05) is 5.32 Å². The van der Waals surface area contributed by atoms with E-state index in [1.165, 1.54) is 6.41 Å². The summed E-state index contributed by atoms with van der Waals surface area (Å²) in [6, 6.07) is 0. The number of ether oxygens (including phenoxy) is 2. The second-order valence-corrected chi connectivity index (χ2v) is 2.52. The smallest absolute Gasteiger partial charge is 0.342 e. The summed E-state index contributed by atoms with van der Waals surface area (Å²) in [6.07, 6.45) is 1.41. The SMILES string of the molecule is CCC(N[C]=O)(OC(C)=O)OC(C)=O. The van der Waals surface area contributed by atoms with Gasteiger partial charge in [0.1, 0.15) is 0 Å². The van der Waals surface area contributed by atoms with Crippen LogP contribution in [0.3, 0.4) is 0 Å². The zero-order chi connectivity index (χ0) is 11.2. The zero-order valence-electron chi connectivity index (χ0n) is 8.25. The number of amides is 1. The Morgan fingerprint density at radius 1 is 1.29 bits per heavy atom. The highest BCUT2D eigenvalue weighted by Crippen LogP contribution is 2.14. The largest absolute Gasteiger partial charge is 0.404 e. The molecule has 1 radical (unpaired) electrons. The second-order valence-electron chi connectivity index (χ2n) is 2.52. The van der Waals surface area contributed by atoms with Gasteiger partial charge in [-0.1, -0.05) is 6.92 Å². The highest BCUT2D eigenvalue weighted by atomic mass is 16.7. The first-order valence-corrected chi connectivity index (χ1v) is 3.99. The van der Waals surface area contributed by atoms with E-state index >= 15 is 0 Å². The van der Waals surface area contributed by atoms with Gasteiger partial charge in [0.15, 0.2) is 0 Å². The Bertz CT molecular complexity index is 222. The number of rotatable bonds is 5. The van der Waals surface area contributed by atoms with Crippen LogP contribution in [0.15, 0.2) is 0 Å². The molecule has 6 heteroatoms. The molecule has 0 heterocycles. The van der Waals surface area contributed by atoms with E-state index in [2.05, 4.69) is 9.47 Å². The lowest BCUT2D eigenvalue weighted by atomic mass is 10.3. The first-order chi connectivity index (χ1) is 6.45. The molecule has 0 aliphatic heterocycles. The van der Waals surface area contributed by atoms with Crippen LogP contribution in [0.5, 0.6) is 0 Å². The first kappa shape index (κ1) is 12.4. The molecule has 0 fully saturated rings. The van der Waals surface area contributed by atoms with Gasteiger partial charge in [0.25, 0.3) is 0 Å². The number of carbonyl (C=O) groups is 2. The summed E-state index contributed by atoms with van der Waals surface area (Å²) < 4.78 is 9.37. The molecule has 0 bridgehead atoms. The topological polar surface area (TPSA) is 81.7 Å². The van der Waals surface area contributed by atoms with Crippen LogP contribution in [0.4, 0.5) is 0 Å². The highest BCUT2D eigenvalue weighted by Gasteiger charge is 2.35. The van der Waals surface area contributed by atoms with E-state index < -0.39 is 17.8 Å². The van der Waals surface area contributed by atoms with Crippen molar-refractivity contribution in [2.24, 2.45) is 0 Å². The van der Waals surface area contributed by atoms with Gasteiger partial charge in [-0.25, -0.2) is 0 Å². The monoisotopic (exact) mass is 202 g/mol. The molecule has 0 aliphatic carbocycles. The lowest BCUT2D eigenvalue weighted by Gasteiger charge is -2.29. The quantitative estimate of drug-likeness (QED) is 0.380. The van der Waals surface area contributed by atoms with Crippen LogP contribution in [0, 0.1) is 0 Å². The Morgan fingerprint density at radius 3 is 1.93 bits per heavy atom. The Morgan fingerprint density at radius 2 is 1.71 bits per heavy atom. The number of nitrogens with one attached hydrogen (secondary N) is 1. The Kier molecular flexibility index (Phi) is 4.62. The van der Waals surface area contributed by atoms with Crippen molar-refractivity contribution < 1.29 is 23.9 Å². The Balaban J connectivity index is 4.66. The summed E-state index contributed by atoms with van der Waals surface area (Å²) in [5, 5.41) is 2.02. The summed E-state index contributed by atoms with van der Waals surface area (Å²) in [7, 11) is 0. The Hall–Kier alpha value is -1.59.